The van der Waals surface area contributed by atoms with Crippen molar-refractivity contribution in [2.75, 3.05) is 4.90 Å². The predicted molar refractivity (Wildman–Crippen MR) is 143 cm³/mol. The third-order valence-corrected chi connectivity index (χ3v) is 7.15. The molecule has 1 aliphatic heterocycles. The Labute approximate surface area is 228 Å². The van der Waals surface area contributed by atoms with Gasteiger partial charge in [-0.25, -0.2) is 14.8 Å². The number of aryl methyl sites for hydroxylation is 1. The van der Waals surface area contributed by atoms with E-state index in [2.05, 4.69) is 37.7 Å². The maximum Gasteiger partial charge on any atom is 0.416 e. The second kappa shape index (κ2) is 12.1. The maximum atomic E-state index is 13.6. The molecule has 1 fully saturated rings. The van der Waals surface area contributed by atoms with Crippen molar-refractivity contribution in [3.63, 3.8) is 0 Å². The Morgan fingerprint density at radius 1 is 1.05 bits per heavy atom. The number of benzene rings is 1. The van der Waals surface area contributed by atoms with Gasteiger partial charge in [0.05, 0.1) is 11.7 Å². The van der Waals surface area contributed by atoms with Gasteiger partial charge in [0, 0.05) is 42.1 Å². The van der Waals surface area contributed by atoms with Crippen LogP contribution < -0.4 is 4.90 Å². The van der Waals surface area contributed by atoms with E-state index < -0.39 is 11.7 Å². The van der Waals surface area contributed by atoms with Gasteiger partial charge in [-0.1, -0.05) is 39.3 Å². The summed E-state index contributed by atoms with van der Waals surface area (Å²) in [7, 11) is 0. The van der Waals surface area contributed by atoms with E-state index in [4.69, 9.17) is 16.3 Å². The third kappa shape index (κ3) is 7.30. The topological polar surface area (TPSA) is 58.6 Å². The van der Waals surface area contributed by atoms with Crippen LogP contribution in [0.1, 0.15) is 71.1 Å². The molecule has 0 radical (unpaired) electrons. The van der Waals surface area contributed by atoms with Crippen LogP contribution in [-0.4, -0.2) is 45.2 Å². The Hall–Kier alpha value is -2.55. The number of hydrogen-bond acceptors (Lipinski definition) is 5. The van der Waals surface area contributed by atoms with Gasteiger partial charge in [0.2, 0.25) is 5.95 Å². The van der Waals surface area contributed by atoms with Crippen LogP contribution in [-0.2, 0) is 17.5 Å². The minimum absolute atomic E-state index is 0.0194. The molecule has 3 rings (SSSR count). The quantitative estimate of drug-likeness (QED) is 0.354. The van der Waals surface area contributed by atoms with Crippen LogP contribution in [0.3, 0.4) is 0 Å². The lowest BCUT2D eigenvalue weighted by atomic mass is 9.81. The molecule has 6 nitrogen and oxygen atoms in total. The van der Waals surface area contributed by atoms with E-state index in [1.54, 1.807) is 18.5 Å². The summed E-state index contributed by atoms with van der Waals surface area (Å²) in [6, 6.07) is 3.21. The molecule has 0 N–H and O–H groups in total. The van der Waals surface area contributed by atoms with Crippen LogP contribution >= 0.6 is 11.6 Å². The molecule has 2 atom stereocenters. The summed E-state index contributed by atoms with van der Waals surface area (Å²) in [5, 5.41) is 0.0194. The van der Waals surface area contributed by atoms with Crippen LogP contribution in [0.5, 0.6) is 0 Å². The molecule has 0 bridgehead atoms. The highest BCUT2D eigenvalue weighted by Gasteiger charge is 2.44. The molecular formula is C28H38ClF3N4O2. The first-order valence-electron chi connectivity index (χ1n) is 13.1. The van der Waals surface area contributed by atoms with Crippen molar-refractivity contribution in [1.29, 1.82) is 0 Å². The fraction of sp³-hybridized carbons (Fsp3) is 0.607. The van der Waals surface area contributed by atoms with E-state index in [0.29, 0.717) is 24.4 Å². The highest BCUT2D eigenvalue weighted by atomic mass is 35.5. The highest BCUT2D eigenvalue weighted by molar-refractivity contribution is 6.30. The van der Waals surface area contributed by atoms with E-state index in [1.165, 1.54) is 0 Å². The monoisotopic (exact) mass is 554 g/mol. The fourth-order valence-electron chi connectivity index (χ4n) is 5.10. The number of rotatable bonds is 7. The van der Waals surface area contributed by atoms with Crippen molar-refractivity contribution in [3.8, 4) is 0 Å². The Morgan fingerprint density at radius 2 is 1.61 bits per heavy atom. The number of piperidine rings is 1. The Morgan fingerprint density at radius 3 is 2.08 bits per heavy atom. The molecule has 0 spiro atoms. The molecule has 2 heterocycles. The maximum absolute atomic E-state index is 13.6. The molecule has 38 heavy (non-hydrogen) atoms. The van der Waals surface area contributed by atoms with E-state index in [0.717, 1.165) is 17.7 Å². The van der Waals surface area contributed by atoms with Gasteiger partial charge in [0.15, 0.2) is 0 Å². The third-order valence-electron chi connectivity index (χ3n) is 6.93. The smallest absolute Gasteiger partial charge is 0.416 e. The Bertz CT molecular complexity index is 1070. The molecule has 1 aromatic heterocycles. The SMILES string of the molecule is Cc1cnc(N(Cc2cc(Cl)cc(C(F)(F)F)c2)C2C[C@@H](C(C)C)N(C(=O)OC(C)C)[C@H](C(C)C)C2)nc1. The molecule has 10 heteroatoms. The molecule has 210 valence electrons. The standard InChI is InChI=1S/C28H38ClF3N4O2/c1-16(2)24-11-23(12-25(17(3)4)36(24)27(37)38-18(5)6)35(26-33-13-19(7)14-34-26)15-20-8-21(28(30,31)32)10-22(29)9-20/h8-10,13-14,16-18,23-25H,11-12,15H2,1-7H3/t24-,25-/m0/s1. The normalized spacial score (nSPS) is 20.4. The summed E-state index contributed by atoms with van der Waals surface area (Å²) >= 11 is 6.11. The van der Waals surface area contributed by atoms with Crippen LogP contribution in [0.25, 0.3) is 0 Å². The van der Waals surface area contributed by atoms with Crippen molar-refractivity contribution in [1.82, 2.24) is 14.9 Å². The molecule has 2 aromatic rings. The number of ether oxygens (including phenoxy) is 1. The summed E-state index contributed by atoms with van der Waals surface area (Å²) in [4.78, 5) is 26.1. The first kappa shape index (κ1) is 30.0. The summed E-state index contributed by atoms with van der Waals surface area (Å²) < 4.78 is 46.3. The molecule has 1 amide bonds. The number of hydrogen-bond donors (Lipinski definition) is 0. The Balaban J connectivity index is 2.05. The van der Waals surface area contributed by atoms with Gasteiger partial charge >= 0.3 is 12.3 Å². The number of likely N-dealkylation sites (tertiary alicyclic amines) is 1. The van der Waals surface area contributed by atoms with Gasteiger partial charge < -0.3 is 14.5 Å². The van der Waals surface area contributed by atoms with Crippen LogP contribution in [0.2, 0.25) is 5.02 Å². The number of nitrogens with zero attached hydrogens (tertiary/aromatic N) is 4. The number of anilines is 1. The number of alkyl halides is 3. The van der Waals surface area contributed by atoms with Crippen molar-refractivity contribution >= 4 is 23.6 Å². The molecule has 1 saturated heterocycles. The number of carbonyl (C=O) groups is 1. The summed E-state index contributed by atoms with van der Waals surface area (Å²) in [6.07, 6.45) is -0.510. The fourth-order valence-corrected chi connectivity index (χ4v) is 5.36. The molecule has 1 aromatic carbocycles. The average molecular weight is 555 g/mol. The van der Waals surface area contributed by atoms with Crippen LogP contribution in [0, 0.1) is 18.8 Å². The van der Waals surface area contributed by atoms with E-state index >= 15 is 0 Å². The average Bonchev–Trinajstić information content (AvgIpc) is 2.81. The lowest BCUT2D eigenvalue weighted by molar-refractivity contribution is -0.137. The zero-order valence-corrected chi connectivity index (χ0v) is 23.8. The van der Waals surface area contributed by atoms with Gasteiger partial charge in [-0.05, 0) is 74.8 Å². The number of carbonyl (C=O) groups excluding carboxylic acids is 1. The number of aromatic nitrogens is 2. The molecular weight excluding hydrogens is 517 g/mol. The van der Waals surface area contributed by atoms with E-state index in [1.807, 2.05) is 30.6 Å². The van der Waals surface area contributed by atoms with Gasteiger partial charge in [-0.15, -0.1) is 0 Å². The molecule has 0 unspecified atom stereocenters. The largest absolute Gasteiger partial charge is 0.447 e. The van der Waals surface area contributed by atoms with Crippen molar-refractivity contribution in [2.24, 2.45) is 11.8 Å². The van der Waals surface area contributed by atoms with Crippen LogP contribution in [0.4, 0.5) is 23.9 Å². The highest BCUT2D eigenvalue weighted by Crippen LogP contribution is 2.37. The van der Waals surface area contributed by atoms with Crippen LogP contribution in [0.15, 0.2) is 30.6 Å². The van der Waals surface area contributed by atoms with Gasteiger partial charge in [0.1, 0.15) is 0 Å². The zero-order chi connectivity index (χ0) is 28.4. The van der Waals surface area contributed by atoms with Crippen molar-refractivity contribution < 1.29 is 22.7 Å². The minimum atomic E-state index is -4.52. The second-order valence-electron chi connectivity index (χ2n) is 11.1. The minimum Gasteiger partial charge on any atom is -0.447 e. The predicted octanol–water partition coefficient (Wildman–Crippen LogP) is 7.52. The summed E-state index contributed by atoms with van der Waals surface area (Å²) in [5.41, 5.74) is 0.496. The first-order valence-corrected chi connectivity index (χ1v) is 13.5. The summed E-state index contributed by atoms with van der Waals surface area (Å²) in [5.74, 6) is 0.683. The number of amides is 1. The van der Waals surface area contributed by atoms with E-state index in [9.17, 15) is 18.0 Å². The molecule has 1 aliphatic rings. The second-order valence-corrected chi connectivity index (χ2v) is 11.6. The first-order chi connectivity index (χ1) is 17.7. The Kier molecular flexibility index (Phi) is 9.55. The van der Waals surface area contributed by atoms with Gasteiger partial charge in [-0.3, -0.25) is 0 Å². The van der Waals surface area contributed by atoms with Crippen molar-refractivity contribution in [2.45, 2.75) is 98.3 Å². The summed E-state index contributed by atoms with van der Waals surface area (Å²) in [6.45, 7) is 14.0. The van der Waals surface area contributed by atoms with Gasteiger partial charge in [-0.2, -0.15) is 13.2 Å². The molecule has 0 saturated carbocycles. The molecule has 0 aliphatic carbocycles. The number of halogens is 4. The zero-order valence-electron chi connectivity index (χ0n) is 23.1. The van der Waals surface area contributed by atoms with Crippen molar-refractivity contribution in [3.05, 3.63) is 52.3 Å². The van der Waals surface area contributed by atoms with Gasteiger partial charge in [0.25, 0.3) is 0 Å². The van der Waals surface area contributed by atoms with E-state index in [-0.39, 0.29) is 53.7 Å². The lowest BCUT2D eigenvalue weighted by Gasteiger charge is -2.50. The lowest BCUT2D eigenvalue weighted by Crippen LogP contribution is -2.60.